The van der Waals surface area contributed by atoms with Gasteiger partial charge in [0, 0.05) is 16.8 Å². The third-order valence-corrected chi connectivity index (χ3v) is 2.69. The SMILES string of the molecule is Cc1ccc(NC(=O)C(=O)NC(C)CO)cc1Cl. The van der Waals surface area contributed by atoms with Crippen LogP contribution in [0.5, 0.6) is 0 Å². The Balaban J connectivity index is 2.64. The minimum atomic E-state index is -0.798. The predicted molar refractivity (Wildman–Crippen MR) is 69.5 cm³/mol. The molecule has 0 radical (unpaired) electrons. The first-order valence-electron chi connectivity index (χ1n) is 5.43. The molecule has 18 heavy (non-hydrogen) atoms. The number of aryl methyl sites for hydroxylation is 1. The van der Waals surface area contributed by atoms with E-state index in [1.165, 1.54) is 0 Å². The van der Waals surface area contributed by atoms with Gasteiger partial charge in [0.15, 0.2) is 0 Å². The molecule has 0 heterocycles. The second-order valence-electron chi connectivity index (χ2n) is 3.98. The molecule has 5 nitrogen and oxygen atoms in total. The van der Waals surface area contributed by atoms with Crippen LogP contribution < -0.4 is 10.6 Å². The zero-order valence-electron chi connectivity index (χ0n) is 10.2. The Kier molecular flexibility index (Phi) is 5.12. The summed E-state index contributed by atoms with van der Waals surface area (Å²) in [5, 5.41) is 14.0. The fourth-order valence-electron chi connectivity index (χ4n) is 1.19. The van der Waals surface area contributed by atoms with E-state index in [9.17, 15) is 9.59 Å². The summed E-state index contributed by atoms with van der Waals surface area (Å²) in [5.74, 6) is -1.59. The highest BCUT2D eigenvalue weighted by atomic mass is 35.5. The first-order valence-corrected chi connectivity index (χ1v) is 5.80. The molecule has 1 aromatic rings. The highest BCUT2D eigenvalue weighted by Crippen LogP contribution is 2.19. The summed E-state index contributed by atoms with van der Waals surface area (Å²) in [4.78, 5) is 22.9. The van der Waals surface area contributed by atoms with Gasteiger partial charge in [-0.25, -0.2) is 0 Å². The van der Waals surface area contributed by atoms with Crippen molar-refractivity contribution < 1.29 is 14.7 Å². The van der Waals surface area contributed by atoms with Gasteiger partial charge in [-0.2, -0.15) is 0 Å². The molecule has 1 rings (SSSR count). The molecule has 0 saturated carbocycles. The Hall–Kier alpha value is -1.59. The molecule has 0 bridgehead atoms. The molecule has 98 valence electrons. The van der Waals surface area contributed by atoms with Crippen molar-refractivity contribution in [3.05, 3.63) is 28.8 Å². The van der Waals surface area contributed by atoms with E-state index in [1.54, 1.807) is 25.1 Å². The molecule has 0 aliphatic heterocycles. The molecule has 0 spiro atoms. The smallest absolute Gasteiger partial charge is 0.313 e. The van der Waals surface area contributed by atoms with Crippen molar-refractivity contribution in [1.82, 2.24) is 5.32 Å². The number of nitrogens with one attached hydrogen (secondary N) is 2. The van der Waals surface area contributed by atoms with E-state index >= 15 is 0 Å². The van der Waals surface area contributed by atoms with E-state index in [2.05, 4.69) is 10.6 Å². The second kappa shape index (κ2) is 6.37. The molecule has 6 heteroatoms. The van der Waals surface area contributed by atoms with E-state index < -0.39 is 17.9 Å². The number of hydrogen-bond acceptors (Lipinski definition) is 3. The van der Waals surface area contributed by atoms with Crippen molar-refractivity contribution in [2.24, 2.45) is 0 Å². The maximum atomic E-state index is 11.5. The summed E-state index contributed by atoms with van der Waals surface area (Å²) < 4.78 is 0. The van der Waals surface area contributed by atoms with Crippen LogP contribution in [0.3, 0.4) is 0 Å². The molecule has 1 aromatic carbocycles. The maximum absolute atomic E-state index is 11.5. The quantitative estimate of drug-likeness (QED) is 0.720. The summed E-state index contributed by atoms with van der Waals surface area (Å²) >= 11 is 5.90. The van der Waals surface area contributed by atoms with Crippen LogP contribution in [-0.4, -0.2) is 29.6 Å². The van der Waals surface area contributed by atoms with Gasteiger partial charge in [0.1, 0.15) is 0 Å². The Morgan fingerprint density at radius 3 is 2.61 bits per heavy atom. The van der Waals surface area contributed by atoms with Crippen LogP contribution in [0.25, 0.3) is 0 Å². The van der Waals surface area contributed by atoms with Crippen molar-refractivity contribution in [3.8, 4) is 0 Å². The average molecular weight is 271 g/mol. The zero-order chi connectivity index (χ0) is 13.7. The van der Waals surface area contributed by atoms with Crippen molar-refractivity contribution >= 4 is 29.1 Å². The Labute approximate surface area is 110 Å². The van der Waals surface area contributed by atoms with Crippen LogP contribution in [0, 0.1) is 6.92 Å². The third-order valence-electron chi connectivity index (χ3n) is 2.29. The topological polar surface area (TPSA) is 78.4 Å². The normalized spacial score (nSPS) is 11.8. The first-order chi connectivity index (χ1) is 8.43. The standard InChI is InChI=1S/C12H15ClN2O3/c1-7-3-4-9(5-10(7)13)15-12(18)11(17)14-8(2)6-16/h3-5,8,16H,6H2,1-2H3,(H,14,17)(H,15,18). The van der Waals surface area contributed by atoms with E-state index in [4.69, 9.17) is 16.7 Å². The van der Waals surface area contributed by atoms with E-state index in [0.29, 0.717) is 10.7 Å². The van der Waals surface area contributed by atoms with Gasteiger partial charge >= 0.3 is 11.8 Å². The number of amides is 2. The Morgan fingerprint density at radius 1 is 1.39 bits per heavy atom. The van der Waals surface area contributed by atoms with Crippen LogP contribution in [0.4, 0.5) is 5.69 Å². The molecule has 0 aromatic heterocycles. The third kappa shape index (κ3) is 4.01. The van der Waals surface area contributed by atoms with Crippen LogP contribution in [-0.2, 0) is 9.59 Å². The lowest BCUT2D eigenvalue weighted by atomic mass is 10.2. The van der Waals surface area contributed by atoms with Gasteiger partial charge in [0.2, 0.25) is 0 Å². The molecule has 0 aliphatic carbocycles. The van der Waals surface area contributed by atoms with Gasteiger partial charge in [-0.05, 0) is 31.5 Å². The lowest BCUT2D eigenvalue weighted by Crippen LogP contribution is -2.42. The van der Waals surface area contributed by atoms with Gasteiger partial charge in [-0.15, -0.1) is 0 Å². The van der Waals surface area contributed by atoms with Crippen LogP contribution in [0.15, 0.2) is 18.2 Å². The maximum Gasteiger partial charge on any atom is 0.313 e. The van der Waals surface area contributed by atoms with E-state index in [1.807, 2.05) is 6.92 Å². The number of hydrogen-bond donors (Lipinski definition) is 3. The minimum absolute atomic E-state index is 0.227. The number of carbonyl (C=O) groups is 2. The summed E-state index contributed by atoms with van der Waals surface area (Å²) in [6, 6.07) is 4.50. The number of aliphatic hydroxyl groups excluding tert-OH is 1. The molecule has 1 unspecified atom stereocenters. The van der Waals surface area contributed by atoms with Crippen molar-refractivity contribution in [2.45, 2.75) is 19.9 Å². The highest BCUT2D eigenvalue weighted by molar-refractivity contribution is 6.40. The van der Waals surface area contributed by atoms with E-state index in [-0.39, 0.29) is 6.61 Å². The molecule has 0 saturated heterocycles. The number of benzene rings is 1. The average Bonchev–Trinajstić information content (AvgIpc) is 2.33. The minimum Gasteiger partial charge on any atom is -0.394 e. The summed E-state index contributed by atoms with van der Waals surface area (Å²) in [6.45, 7) is 3.20. The first kappa shape index (κ1) is 14.5. The molecular formula is C12H15ClN2O3. The zero-order valence-corrected chi connectivity index (χ0v) is 10.9. The Morgan fingerprint density at radius 2 is 2.06 bits per heavy atom. The lowest BCUT2D eigenvalue weighted by Gasteiger charge is -2.11. The predicted octanol–water partition coefficient (Wildman–Crippen LogP) is 1.08. The number of anilines is 1. The second-order valence-corrected chi connectivity index (χ2v) is 4.38. The highest BCUT2D eigenvalue weighted by Gasteiger charge is 2.15. The molecular weight excluding hydrogens is 256 g/mol. The Bertz CT molecular complexity index is 463. The van der Waals surface area contributed by atoms with Gasteiger partial charge in [-0.3, -0.25) is 9.59 Å². The van der Waals surface area contributed by atoms with Crippen molar-refractivity contribution in [1.29, 1.82) is 0 Å². The van der Waals surface area contributed by atoms with Gasteiger partial charge in [0.05, 0.1) is 6.61 Å². The number of halogens is 1. The molecule has 2 amide bonds. The van der Waals surface area contributed by atoms with Crippen LogP contribution in [0.2, 0.25) is 5.02 Å². The fraction of sp³-hybridized carbons (Fsp3) is 0.333. The molecule has 0 fully saturated rings. The lowest BCUT2D eigenvalue weighted by molar-refractivity contribution is -0.136. The van der Waals surface area contributed by atoms with Crippen molar-refractivity contribution in [2.75, 3.05) is 11.9 Å². The molecule has 0 aliphatic rings. The summed E-state index contributed by atoms with van der Waals surface area (Å²) in [6.07, 6.45) is 0. The monoisotopic (exact) mass is 270 g/mol. The van der Waals surface area contributed by atoms with Gasteiger partial charge in [0.25, 0.3) is 0 Å². The summed E-state index contributed by atoms with van der Waals surface area (Å²) in [7, 11) is 0. The van der Waals surface area contributed by atoms with Crippen LogP contribution >= 0.6 is 11.6 Å². The largest absolute Gasteiger partial charge is 0.394 e. The summed E-state index contributed by atoms with van der Waals surface area (Å²) in [5.41, 5.74) is 1.33. The van der Waals surface area contributed by atoms with Gasteiger partial charge < -0.3 is 15.7 Å². The van der Waals surface area contributed by atoms with Crippen LogP contribution in [0.1, 0.15) is 12.5 Å². The van der Waals surface area contributed by atoms with E-state index in [0.717, 1.165) is 5.56 Å². The number of aliphatic hydroxyl groups is 1. The fourth-order valence-corrected chi connectivity index (χ4v) is 1.37. The van der Waals surface area contributed by atoms with Crippen molar-refractivity contribution in [3.63, 3.8) is 0 Å². The molecule has 1 atom stereocenters. The number of carbonyl (C=O) groups excluding carboxylic acids is 2. The van der Waals surface area contributed by atoms with Gasteiger partial charge in [-0.1, -0.05) is 17.7 Å². The number of rotatable bonds is 3. The molecule has 3 N–H and O–H groups in total.